The van der Waals surface area contributed by atoms with Crippen molar-refractivity contribution in [1.29, 1.82) is 0 Å². The quantitative estimate of drug-likeness (QED) is 0.477. The van der Waals surface area contributed by atoms with Gasteiger partial charge in [-0.3, -0.25) is 10.7 Å². The molecule has 0 fully saturated rings. The van der Waals surface area contributed by atoms with Crippen LogP contribution in [-0.2, 0) is 6.42 Å². The van der Waals surface area contributed by atoms with Crippen LogP contribution in [0.4, 0.5) is 0 Å². The molecule has 0 spiro atoms. The highest BCUT2D eigenvalue weighted by molar-refractivity contribution is 5.81. The number of ether oxygens (including phenoxy) is 2. The number of halogens is 1. The molecule has 0 saturated heterocycles. The van der Waals surface area contributed by atoms with Crippen molar-refractivity contribution in [2.75, 3.05) is 20.8 Å². The Kier molecular flexibility index (Phi) is 9.16. The predicted octanol–water partition coefficient (Wildman–Crippen LogP) is -0.385. The maximum Gasteiger partial charge on any atom is 0.247 e. The van der Waals surface area contributed by atoms with Crippen LogP contribution in [-0.4, -0.2) is 26.6 Å². The molecule has 0 aromatic heterocycles. The van der Waals surface area contributed by atoms with Gasteiger partial charge in [0.1, 0.15) is 0 Å². The molecule has 2 rings (SSSR count). The molecule has 0 aliphatic rings. The van der Waals surface area contributed by atoms with Crippen molar-refractivity contribution in [3.63, 3.8) is 0 Å². The molecule has 3 N–H and O–H groups in total. The van der Waals surface area contributed by atoms with Gasteiger partial charge in [0.15, 0.2) is 11.5 Å². The third-order valence-electron chi connectivity index (χ3n) is 4.76. The first-order valence-electron chi connectivity index (χ1n) is 9.13. The molecule has 0 bridgehead atoms. The van der Waals surface area contributed by atoms with Crippen LogP contribution in [0, 0.1) is 0 Å². The molecule has 27 heavy (non-hydrogen) atoms. The van der Waals surface area contributed by atoms with E-state index >= 15 is 0 Å². The molecule has 0 amide bonds. The summed E-state index contributed by atoms with van der Waals surface area (Å²) in [5.41, 5.74) is 10.0. The van der Waals surface area contributed by atoms with Crippen molar-refractivity contribution >= 4 is 5.84 Å². The molecular weight excluding hydrogens is 360 g/mol. The fourth-order valence-corrected chi connectivity index (χ4v) is 2.89. The zero-order valence-corrected chi connectivity index (χ0v) is 17.6. The topological polar surface area (TPSA) is 58.5 Å². The second-order valence-corrected chi connectivity index (χ2v) is 6.86. The van der Waals surface area contributed by atoms with Gasteiger partial charge in [0.2, 0.25) is 5.84 Å². The van der Waals surface area contributed by atoms with Crippen molar-refractivity contribution in [1.82, 2.24) is 0 Å². The van der Waals surface area contributed by atoms with E-state index in [1.54, 1.807) is 14.2 Å². The van der Waals surface area contributed by atoms with Crippen LogP contribution in [0.25, 0.3) is 0 Å². The Bertz CT molecular complexity index is 742. The summed E-state index contributed by atoms with van der Waals surface area (Å²) in [6, 6.07) is 14.7. The van der Waals surface area contributed by atoms with E-state index in [1.807, 2.05) is 18.2 Å². The molecule has 5 heteroatoms. The minimum Gasteiger partial charge on any atom is -1.00 e. The lowest BCUT2D eigenvalue weighted by Crippen LogP contribution is -3.00. The summed E-state index contributed by atoms with van der Waals surface area (Å²) < 4.78 is 10.6. The molecule has 2 aromatic carbocycles. The summed E-state index contributed by atoms with van der Waals surface area (Å²) in [6.07, 6.45) is 0.861. The van der Waals surface area contributed by atoms with Gasteiger partial charge >= 0.3 is 0 Å². The number of rotatable bonds is 8. The molecule has 1 atom stereocenters. The number of hydrogen-bond donors (Lipinski definition) is 2. The Labute approximate surface area is 169 Å². The fraction of sp³-hybridized carbons (Fsp3) is 0.409. The average Bonchev–Trinajstić information content (AvgIpc) is 2.67. The van der Waals surface area contributed by atoms with Crippen LogP contribution in [0.2, 0.25) is 0 Å². The van der Waals surface area contributed by atoms with Gasteiger partial charge in [0, 0.05) is 6.42 Å². The Balaban J connectivity index is 0.00000364. The third kappa shape index (κ3) is 6.17. The van der Waals surface area contributed by atoms with Gasteiger partial charge in [-0.1, -0.05) is 44.2 Å². The van der Waals surface area contributed by atoms with Crippen LogP contribution < -0.4 is 32.6 Å². The minimum absolute atomic E-state index is 0. The highest BCUT2D eigenvalue weighted by Gasteiger charge is 2.15. The fourth-order valence-electron chi connectivity index (χ4n) is 2.89. The molecule has 0 aliphatic carbocycles. The Morgan fingerprint density at radius 1 is 0.926 bits per heavy atom. The van der Waals surface area contributed by atoms with Crippen LogP contribution in [0.15, 0.2) is 42.5 Å². The first kappa shape index (κ1) is 22.8. The highest BCUT2D eigenvalue weighted by atomic mass is 35.5. The van der Waals surface area contributed by atoms with E-state index in [2.05, 4.69) is 50.0 Å². The Morgan fingerprint density at radius 2 is 1.52 bits per heavy atom. The van der Waals surface area contributed by atoms with E-state index in [9.17, 15) is 0 Å². The summed E-state index contributed by atoms with van der Waals surface area (Å²) in [5, 5.41) is 0. The van der Waals surface area contributed by atoms with Gasteiger partial charge in [-0.25, -0.2) is 0 Å². The van der Waals surface area contributed by atoms with Gasteiger partial charge in [-0.05, 0) is 41.7 Å². The maximum absolute atomic E-state index is 6.27. The largest absolute Gasteiger partial charge is 1.00 e. The van der Waals surface area contributed by atoms with Gasteiger partial charge in [0.05, 0.1) is 26.7 Å². The monoisotopic (exact) mass is 390 g/mol. The summed E-state index contributed by atoms with van der Waals surface area (Å²) in [6.45, 7) is 7.31. The molecule has 0 radical (unpaired) electrons. The lowest BCUT2D eigenvalue weighted by atomic mass is 9.95. The summed E-state index contributed by atoms with van der Waals surface area (Å²) in [5.74, 6) is 3.00. The summed E-state index contributed by atoms with van der Waals surface area (Å²) in [7, 11) is 3.29. The van der Waals surface area contributed by atoms with Crippen LogP contribution in [0.3, 0.4) is 0 Å². The third-order valence-corrected chi connectivity index (χ3v) is 4.76. The number of benzene rings is 2. The van der Waals surface area contributed by atoms with Crippen molar-refractivity contribution in [3.8, 4) is 11.5 Å². The molecule has 0 heterocycles. The molecule has 4 nitrogen and oxygen atoms in total. The Hall–Kier alpha value is -2.20. The normalized spacial score (nSPS) is 12.4. The van der Waals surface area contributed by atoms with Gasteiger partial charge in [-0.2, -0.15) is 0 Å². The van der Waals surface area contributed by atoms with Gasteiger partial charge < -0.3 is 21.9 Å². The highest BCUT2D eigenvalue weighted by Crippen LogP contribution is 2.27. The molecule has 0 saturated carbocycles. The maximum atomic E-state index is 6.27. The zero-order valence-electron chi connectivity index (χ0n) is 16.9. The molecule has 0 aliphatic heterocycles. The van der Waals surface area contributed by atoms with Gasteiger partial charge in [-0.15, -0.1) is 0 Å². The second-order valence-electron chi connectivity index (χ2n) is 6.86. The van der Waals surface area contributed by atoms with E-state index in [-0.39, 0.29) is 18.3 Å². The van der Waals surface area contributed by atoms with Crippen molar-refractivity contribution in [3.05, 3.63) is 59.2 Å². The molecular formula is C22H31ClN2O2. The average molecular weight is 391 g/mol. The molecule has 1 unspecified atom stereocenters. The number of methoxy groups -OCH3 is 2. The van der Waals surface area contributed by atoms with E-state index in [0.717, 1.165) is 30.3 Å². The molecule has 2 aromatic rings. The van der Waals surface area contributed by atoms with Crippen LogP contribution in [0.1, 0.15) is 49.3 Å². The lowest BCUT2D eigenvalue weighted by molar-refractivity contribution is -0.459. The first-order valence-corrected chi connectivity index (χ1v) is 9.13. The SMILES string of the molecule is COc1ccc(CC[NH+]=C(N)C(C)c2ccc(C(C)C)cc2)cc1OC.[Cl-]. The number of nitrogens with one attached hydrogen (secondary N) is 1. The smallest absolute Gasteiger partial charge is 0.247 e. The lowest BCUT2D eigenvalue weighted by Gasteiger charge is -2.11. The predicted molar refractivity (Wildman–Crippen MR) is 107 cm³/mol. The van der Waals surface area contributed by atoms with Gasteiger partial charge in [0.25, 0.3) is 0 Å². The van der Waals surface area contributed by atoms with E-state index < -0.39 is 0 Å². The minimum atomic E-state index is 0. The summed E-state index contributed by atoms with van der Waals surface area (Å²) in [4.78, 5) is 3.36. The number of nitrogens with two attached hydrogens (primary N) is 1. The van der Waals surface area contributed by atoms with E-state index in [0.29, 0.717) is 5.92 Å². The second kappa shape index (κ2) is 10.8. The van der Waals surface area contributed by atoms with E-state index in [1.165, 1.54) is 16.7 Å². The number of amidine groups is 1. The number of hydrogen-bond acceptors (Lipinski definition) is 2. The van der Waals surface area contributed by atoms with Crippen LogP contribution >= 0.6 is 0 Å². The zero-order chi connectivity index (χ0) is 19.1. The first-order chi connectivity index (χ1) is 12.5. The van der Waals surface area contributed by atoms with Crippen molar-refractivity contribution in [2.45, 2.75) is 39.0 Å². The standard InChI is InChI=1S/C22H30N2O2.ClH/c1-15(2)18-7-9-19(10-8-18)16(3)22(23)24-13-12-17-6-11-20(25-4)21(14-17)26-5;/h6-11,14-16H,12-13H2,1-5H3,(H2,23,24);1H. The molecule has 148 valence electrons. The van der Waals surface area contributed by atoms with E-state index in [4.69, 9.17) is 15.2 Å². The van der Waals surface area contributed by atoms with Crippen molar-refractivity contribution in [2.24, 2.45) is 5.73 Å². The Morgan fingerprint density at radius 3 is 2.07 bits per heavy atom. The van der Waals surface area contributed by atoms with Crippen molar-refractivity contribution < 1.29 is 26.9 Å². The summed E-state index contributed by atoms with van der Waals surface area (Å²) >= 11 is 0. The van der Waals surface area contributed by atoms with Crippen LogP contribution in [0.5, 0.6) is 11.5 Å².